The molecule has 1 amide bonds. The Balaban J connectivity index is 2.34. The molecule has 0 aliphatic rings. The van der Waals surface area contributed by atoms with Crippen molar-refractivity contribution in [2.75, 3.05) is 52.3 Å². The maximum atomic E-state index is 12.7. The van der Waals surface area contributed by atoms with Crippen LogP contribution in [-0.4, -0.2) is 84.7 Å². The Kier molecular flexibility index (Phi) is 12.8. The lowest BCUT2D eigenvalue weighted by Crippen LogP contribution is -2.14. The number of azo groups is 2. The molecule has 22 heteroatoms. The number of hydrogen-bond acceptors (Lipinski definition) is 19. The lowest BCUT2D eigenvalue weighted by atomic mass is 10.1. The number of methoxy groups -OCH3 is 5. The van der Waals surface area contributed by atoms with E-state index in [-0.39, 0.29) is 45.0 Å². The molecule has 0 aliphatic carbocycles. The largest absolute Gasteiger partial charge is 0.486 e. The first kappa shape index (κ1) is 39.6. The molecule has 0 spiro atoms. The summed E-state index contributed by atoms with van der Waals surface area (Å²) in [6.45, 7) is 1.15. The van der Waals surface area contributed by atoms with Crippen LogP contribution in [0.15, 0.2) is 60.7 Å². The number of amides is 1. The van der Waals surface area contributed by atoms with Crippen molar-refractivity contribution >= 4 is 91.8 Å². The van der Waals surface area contributed by atoms with Crippen LogP contribution in [0.1, 0.15) is 48.4 Å². The number of anilines is 3. The zero-order valence-electron chi connectivity index (χ0n) is 28.1. The number of benzene rings is 3. The Labute approximate surface area is 294 Å². The summed E-state index contributed by atoms with van der Waals surface area (Å²) in [5.41, 5.74) is 7.97. The molecule has 0 unspecified atom stereocenters. The number of rotatable bonds is 12. The van der Waals surface area contributed by atoms with Gasteiger partial charge in [0.05, 0.1) is 80.6 Å². The van der Waals surface area contributed by atoms with Gasteiger partial charge in [-0.05, 0) is 30.3 Å². The van der Waals surface area contributed by atoms with E-state index in [0.29, 0.717) is 0 Å². The molecule has 0 fully saturated rings. The lowest BCUT2D eigenvalue weighted by Gasteiger charge is -2.13. The first-order chi connectivity index (χ1) is 24.5. The van der Waals surface area contributed by atoms with E-state index in [1.54, 1.807) is 0 Å². The highest BCUT2D eigenvalue weighted by molar-refractivity contribution is 7.86. The molecule has 0 bridgehead atoms. The molecule has 0 aliphatic heterocycles. The zero-order valence-corrected chi connectivity index (χ0v) is 28.9. The summed E-state index contributed by atoms with van der Waals surface area (Å²) in [5.74, 6) is -4.39. The number of nitrogens with zero attached hydrogens (tertiary/aromatic N) is 5. The van der Waals surface area contributed by atoms with Crippen molar-refractivity contribution < 1.29 is 60.6 Å². The van der Waals surface area contributed by atoms with Gasteiger partial charge in [-0.2, -0.15) is 8.42 Å². The Bertz CT molecular complexity index is 2170. The summed E-state index contributed by atoms with van der Waals surface area (Å²) in [7, 11) is 0.433. The highest BCUT2D eigenvalue weighted by atomic mass is 32.2. The van der Waals surface area contributed by atoms with Crippen LogP contribution >= 0.6 is 0 Å². The minimum absolute atomic E-state index is 0.0804. The second-order valence-corrected chi connectivity index (χ2v) is 11.3. The number of esters is 4. The van der Waals surface area contributed by atoms with E-state index in [9.17, 15) is 36.9 Å². The highest BCUT2D eigenvalue weighted by Gasteiger charge is 2.25. The minimum atomic E-state index is -5.11. The zero-order chi connectivity index (χ0) is 38.9. The van der Waals surface area contributed by atoms with Crippen molar-refractivity contribution in [3.05, 3.63) is 52.6 Å². The summed E-state index contributed by atoms with van der Waals surface area (Å²) < 4.78 is 58.5. The average molecular weight is 743 g/mol. The van der Waals surface area contributed by atoms with Gasteiger partial charge in [-0.15, -0.1) is 20.5 Å². The molecule has 0 saturated carbocycles. The number of carbonyl (C=O) groups excluding carboxylic acids is 5. The molecule has 0 aromatic heterocycles. The Morgan fingerprint density at radius 1 is 0.654 bits per heavy atom. The number of nitrogens with one attached hydrogen (secondary N) is 1. The maximum absolute atomic E-state index is 12.7. The Hall–Kier alpha value is -6.81. The van der Waals surface area contributed by atoms with Gasteiger partial charge in [0, 0.05) is 6.92 Å². The van der Waals surface area contributed by atoms with E-state index in [0.717, 1.165) is 72.1 Å². The molecule has 3 rings (SSSR count). The standard InChI is InChI=1S/C30H30N8O13S/c1-13(39)34-19-8-17(30(43)51-6)21(10-15(19)28(41)49-4)36-38-26-24(31)22(11-23(25(26)32)52(44,45)46)37-35-20-9-14(27(40)48-3)18(33-12-47-2)7-16(20)29(42)50-5/h7-12H,31-32H2,1-6H3,(H,34,39)(H,44,45,46). The second-order valence-electron chi connectivity index (χ2n) is 9.86. The predicted molar refractivity (Wildman–Crippen MR) is 181 cm³/mol. The van der Waals surface area contributed by atoms with Crippen LogP contribution < -0.4 is 16.8 Å². The summed E-state index contributed by atoms with van der Waals surface area (Å²) in [5, 5.41) is 18.1. The smallest absolute Gasteiger partial charge is 0.340 e. The van der Waals surface area contributed by atoms with E-state index in [2.05, 4.69) is 30.8 Å². The summed E-state index contributed by atoms with van der Waals surface area (Å²) in [6, 6.07) is 4.99. The van der Waals surface area contributed by atoms with Crippen LogP contribution in [0.25, 0.3) is 0 Å². The van der Waals surface area contributed by atoms with Crippen LogP contribution in [0.3, 0.4) is 0 Å². The van der Waals surface area contributed by atoms with Crippen molar-refractivity contribution in [2.24, 2.45) is 25.4 Å². The van der Waals surface area contributed by atoms with Crippen molar-refractivity contribution in [1.82, 2.24) is 0 Å². The van der Waals surface area contributed by atoms with E-state index >= 15 is 0 Å². The van der Waals surface area contributed by atoms with E-state index < -0.39 is 67.5 Å². The fourth-order valence-electron chi connectivity index (χ4n) is 4.22. The van der Waals surface area contributed by atoms with Gasteiger partial charge < -0.3 is 40.5 Å². The van der Waals surface area contributed by atoms with Gasteiger partial charge >= 0.3 is 23.9 Å². The molecule has 274 valence electrons. The molecular formula is C30H30N8O13S. The van der Waals surface area contributed by atoms with Crippen LogP contribution in [0, 0.1) is 0 Å². The minimum Gasteiger partial charge on any atom is -0.486 e. The second kappa shape index (κ2) is 16.7. The van der Waals surface area contributed by atoms with E-state index in [1.807, 2.05) is 0 Å². The van der Waals surface area contributed by atoms with Gasteiger partial charge in [0.1, 0.15) is 27.6 Å². The van der Waals surface area contributed by atoms with E-state index in [1.165, 1.54) is 7.11 Å². The lowest BCUT2D eigenvalue weighted by molar-refractivity contribution is -0.114. The maximum Gasteiger partial charge on any atom is 0.340 e. The quantitative estimate of drug-likeness (QED) is 0.0381. The molecule has 0 heterocycles. The SMILES string of the molecule is COC=Nc1cc(C(=O)OC)c(N=Nc2cc(S(=O)(=O)O)c(N)c(N=Nc3cc(C(=O)OC)c(NC(C)=O)cc3C(=O)OC)c2N)cc1C(=O)OC. The van der Waals surface area contributed by atoms with Crippen molar-refractivity contribution in [3.63, 3.8) is 0 Å². The monoisotopic (exact) mass is 742 g/mol. The fraction of sp³-hybridized carbons (Fsp3) is 0.200. The highest BCUT2D eigenvalue weighted by Crippen LogP contribution is 2.44. The topological polar surface area (TPSA) is 312 Å². The molecule has 3 aromatic carbocycles. The normalized spacial score (nSPS) is 11.4. The van der Waals surface area contributed by atoms with Gasteiger partial charge in [0.15, 0.2) is 6.40 Å². The van der Waals surface area contributed by atoms with Crippen LogP contribution in [-0.2, 0) is 38.6 Å². The van der Waals surface area contributed by atoms with Gasteiger partial charge in [-0.25, -0.2) is 24.2 Å². The summed E-state index contributed by atoms with van der Waals surface area (Å²) >= 11 is 0. The van der Waals surface area contributed by atoms with Crippen LogP contribution in [0.5, 0.6) is 0 Å². The summed E-state index contributed by atoms with van der Waals surface area (Å²) in [6.07, 6.45) is 0.980. The molecule has 21 nitrogen and oxygen atoms in total. The van der Waals surface area contributed by atoms with Gasteiger partial charge in [-0.3, -0.25) is 9.35 Å². The molecule has 3 aromatic rings. The average Bonchev–Trinajstić information content (AvgIpc) is 3.11. The van der Waals surface area contributed by atoms with Crippen molar-refractivity contribution in [1.29, 1.82) is 0 Å². The molecule has 0 saturated heterocycles. The molecular weight excluding hydrogens is 712 g/mol. The third-order valence-corrected chi connectivity index (χ3v) is 7.49. The van der Waals surface area contributed by atoms with Crippen molar-refractivity contribution in [2.45, 2.75) is 11.8 Å². The number of aliphatic imine (C=N–C) groups is 1. The third kappa shape index (κ3) is 8.85. The first-order valence-corrected chi connectivity index (χ1v) is 15.5. The fourth-order valence-corrected chi connectivity index (χ4v) is 4.85. The van der Waals surface area contributed by atoms with Crippen LogP contribution in [0.2, 0.25) is 0 Å². The van der Waals surface area contributed by atoms with Gasteiger partial charge in [0.25, 0.3) is 10.1 Å². The molecule has 0 radical (unpaired) electrons. The Morgan fingerprint density at radius 3 is 1.60 bits per heavy atom. The summed E-state index contributed by atoms with van der Waals surface area (Å²) in [4.78, 5) is 65.2. The number of hydrogen-bond donors (Lipinski definition) is 4. The first-order valence-electron chi connectivity index (χ1n) is 14.1. The van der Waals surface area contributed by atoms with Gasteiger partial charge in [0.2, 0.25) is 5.91 Å². The number of ether oxygens (including phenoxy) is 5. The molecule has 52 heavy (non-hydrogen) atoms. The molecule has 6 N–H and O–H groups in total. The van der Waals surface area contributed by atoms with Gasteiger partial charge in [-0.1, -0.05) is 0 Å². The van der Waals surface area contributed by atoms with Crippen LogP contribution in [0.4, 0.5) is 45.5 Å². The number of nitrogens with two attached hydrogens (primary N) is 2. The third-order valence-electron chi connectivity index (χ3n) is 6.60. The molecule has 0 atom stereocenters. The van der Waals surface area contributed by atoms with E-state index in [4.69, 9.17) is 35.2 Å². The number of carbonyl (C=O) groups is 5. The van der Waals surface area contributed by atoms with Crippen molar-refractivity contribution in [3.8, 4) is 0 Å². The Morgan fingerprint density at radius 2 is 1.10 bits per heavy atom. The predicted octanol–water partition coefficient (Wildman–Crippen LogP) is 4.34. The number of nitrogen functional groups attached to an aromatic ring is 2.